The fourth-order valence-corrected chi connectivity index (χ4v) is 3.64. The second kappa shape index (κ2) is 8.01. The Hall–Kier alpha value is -2.18. The topological polar surface area (TPSA) is 50.6 Å². The van der Waals surface area contributed by atoms with Crippen LogP contribution in [0.25, 0.3) is 0 Å². The Labute approximate surface area is 154 Å². The Balaban J connectivity index is 1.29. The van der Waals surface area contributed by atoms with Crippen molar-refractivity contribution in [3.05, 3.63) is 53.9 Å². The number of hydrogen-bond donors (Lipinski definition) is 0. The standard InChI is InChI=1S/C20H26N4O2/c25-20(23-9-4-10-23)13-19-15-22(14-18-7-8-21-24(18)19)11-12-26-16-17-5-2-1-3-6-17/h1-3,5-8,19H,4,9-16H2/t19-/m1/s1. The molecule has 26 heavy (non-hydrogen) atoms. The van der Waals surface area contributed by atoms with E-state index in [9.17, 15) is 4.79 Å². The number of likely N-dealkylation sites (tertiary alicyclic amines) is 1. The molecule has 0 saturated carbocycles. The van der Waals surface area contributed by atoms with Crippen LogP contribution >= 0.6 is 0 Å². The molecule has 0 aliphatic carbocycles. The number of aromatic nitrogens is 2. The summed E-state index contributed by atoms with van der Waals surface area (Å²) in [7, 11) is 0. The predicted octanol–water partition coefficient (Wildman–Crippen LogP) is 2.08. The van der Waals surface area contributed by atoms with Crippen LogP contribution in [0.3, 0.4) is 0 Å². The molecule has 1 aromatic carbocycles. The third kappa shape index (κ3) is 3.97. The second-order valence-corrected chi connectivity index (χ2v) is 7.13. The fourth-order valence-electron chi connectivity index (χ4n) is 3.64. The summed E-state index contributed by atoms with van der Waals surface area (Å²) >= 11 is 0. The first kappa shape index (κ1) is 17.2. The molecule has 138 valence electrons. The van der Waals surface area contributed by atoms with E-state index in [1.165, 1.54) is 11.3 Å². The SMILES string of the molecule is O=C(C[C@@H]1CN(CCOCc2ccccc2)Cc2ccnn21)N1CCC1. The number of benzene rings is 1. The van der Waals surface area contributed by atoms with Gasteiger partial charge in [-0.05, 0) is 18.1 Å². The number of carbonyl (C=O) groups excluding carboxylic acids is 1. The van der Waals surface area contributed by atoms with E-state index in [0.29, 0.717) is 19.6 Å². The number of nitrogens with zero attached hydrogens (tertiary/aromatic N) is 4. The average Bonchev–Trinajstić information content (AvgIpc) is 3.07. The van der Waals surface area contributed by atoms with Gasteiger partial charge in [-0.3, -0.25) is 14.4 Å². The highest BCUT2D eigenvalue weighted by atomic mass is 16.5. The normalized spacial score (nSPS) is 19.8. The van der Waals surface area contributed by atoms with E-state index in [0.717, 1.165) is 39.1 Å². The van der Waals surface area contributed by atoms with E-state index in [2.05, 4.69) is 28.2 Å². The van der Waals surface area contributed by atoms with Crippen LogP contribution in [0.4, 0.5) is 0 Å². The summed E-state index contributed by atoms with van der Waals surface area (Å²) < 4.78 is 7.87. The van der Waals surface area contributed by atoms with E-state index in [-0.39, 0.29) is 11.9 Å². The zero-order chi connectivity index (χ0) is 17.8. The maximum absolute atomic E-state index is 12.4. The third-order valence-corrected chi connectivity index (χ3v) is 5.24. The molecule has 1 atom stereocenters. The molecule has 0 unspecified atom stereocenters. The van der Waals surface area contributed by atoms with Crippen molar-refractivity contribution in [2.45, 2.75) is 32.0 Å². The highest BCUT2D eigenvalue weighted by Crippen LogP contribution is 2.24. The van der Waals surface area contributed by atoms with Crippen LogP contribution in [0, 0.1) is 0 Å². The molecule has 1 fully saturated rings. The molecule has 1 aromatic heterocycles. The van der Waals surface area contributed by atoms with Crippen molar-refractivity contribution in [1.29, 1.82) is 0 Å². The van der Waals surface area contributed by atoms with Gasteiger partial charge in [-0.25, -0.2) is 0 Å². The summed E-state index contributed by atoms with van der Waals surface area (Å²) in [6, 6.07) is 12.4. The van der Waals surface area contributed by atoms with Gasteiger partial charge in [0.15, 0.2) is 0 Å². The largest absolute Gasteiger partial charge is 0.375 e. The molecule has 0 bridgehead atoms. The first-order valence-electron chi connectivity index (χ1n) is 9.44. The number of hydrogen-bond acceptors (Lipinski definition) is 4. The van der Waals surface area contributed by atoms with Crippen molar-refractivity contribution < 1.29 is 9.53 Å². The van der Waals surface area contributed by atoms with Gasteiger partial charge in [-0.2, -0.15) is 5.10 Å². The van der Waals surface area contributed by atoms with Crippen molar-refractivity contribution in [2.24, 2.45) is 0 Å². The molecule has 4 rings (SSSR count). The Bertz CT molecular complexity index is 726. The predicted molar refractivity (Wildman–Crippen MR) is 98.5 cm³/mol. The lowest BCUT2D eigenvalue weighted by Gasteiger charge is -2.36. The van der Waals surface area contributed by atoms with Crippen LogP contribution in [0.2, 0.25) is 0 Å². The highest BCUT2D eigenvalue weighted by molar-refractivity contribution is 5.77. The second-order valence-electron chi connectivity index (χ2n) is 7.13. The van der Waals surface area contributed by atoms with Gasteiger partial charge in [-0.15, -0.1) is 0 Å². The van der Waals surface area contributed by atoms with Crippen LogP contribution in [0.15, 0.2) is 42.6 Å². The van der Waals surface area contributed by atoms with E-state index >= 15 is 0 Å². The van der Waals surface area contributed by atoms with Crippen molar-refractivity contribution >= 4 is 5.91 Å². The first-order chi connectivity index (χ1) is 12.8. The number of carbonyl (C=O) groups is 1. The lowest BCUT2D eigenvalue weighted by Crippen LogP contribution is -2.45. The lowest BCUT2D eigenvalue weighted by molar-refractivity contribution is -0.135. The van der Waals surface area contributed by atoms with Crippen molar-refractivity contribution in [3.8, 4) is 0 Å². The molecule has 0 spiro atoms. The molecule has 0 N–H and O–H groups in total. The third-order valence-electron chi connectivity index (χ3n) is 5.24. The smallest absolute Gasteiger partial charge is 0.224 e. The quantitative estimate of drug-likeness (QED) is 0.715. The summed E-state index contributed by atoms with van der Waals surface area (Å²) in [5.41, 5.74) is 2.38. The van der Waals surface area contributed by atoms with Gasteiger partial charge in [-0.1, -0.05) is 30.3 Å². The van der Waals surface area contributed by atoms with Crippen molar-refractivity contribution in [2.75, 3.05) is 32.8 Å². The van der Waals surface area contributed by atoms with Gasteiger partial charge in [0.25, 0.3) is 0 Å². The molecule has 2 aliphatic heterocycles. The highest BCUT2D eigenvalue weighted by Gasteiger charge is 2.30. The first-order valence-corrected chi connectivity index (χ1v) is 9.44. The molecule has 2 aliphatic rings. The van der Waals surface area contributed by atoms with Crippen LogP contribution < -0.4 is 0 Å². The lowest BCUT2D eigenvalue weighted by atomic mass is 10.1. The van der Waals surface area contributed by atoms with Crippen molar-refractivity contribution in [3.63, 3.8) is 0 Å². The van der Waals surface area contributed by atoms with E-state index in [4.69, 9.17) is 4.74 Å². The van der Waals surface area contributed by atoms with Gasteiger partial charge in [0.05, 0.1) is 31.4 Å². The van der Waals surface area contributed by atoms with Crippen LogP contribution in [-0.2, 0) is 22.7 Å². The molecular weight excluding hydrogens is 328 g/mol. The van der Waals surface area contributed by atoms with Gasteiger partial charge in [0, 0.05) is 38.9 Å². The zero-order valence-corrected chi connectivity index (χ0v) is 15.1. The molecule has 1 saturated heterocycles. The Morgan fingerprint density at radius 3 is 2.81 bits per heavy atom. The number of ether oxygens (including phenoxy) is 1. The molecular formula is C20H26N4O2. The van der Waals surface area contributed by atoms with Gasteiger partial charge in [0.1, 0.15) is 0 Å². The molecule has 1 amide bonds. The van der Waals surface area contributed by atoms with Gasteiger partial charge < -0.3 is 9.64 Å². The summed E-state index contributed by atoms with van der Waals surface area (Å²) in [6.07, 6.45) is 3.51. The summed E-state index contributed by atoms with van der Waals surface area (Å²) in [6.45, 7) is 5.74. The monoisotopic (exact) mass is 354 g/mol. The molecule has 6 heteroatoms. The molecule has 0 radical (unpaired) electrons. The van der Waals surface area contributed by atoms with Crippen LogP contribution in [0.1, 0.15) is 30.1 Å². The minimum absolute atomic E-state index is 0.121. The molecule has 2 aromatic rings. The van der Waals surface area contributed by atoms with E-state index < -0.39 is 0 Å². The Kier molecular flexibility index (Phi) is 5.32. The summed E-state index contributed by atoms with van der Waals surface area (Å²) in [4.78, 5) is 16.7. The fraction of sp³-hybridized carbons (Fsp3) is 0.500. The number of amides is 1. The van der Waals surface area contributed by atoms with Crippen molar-refractivity contribution in [1.82, 2.24) is 19.6 Å². The minimum atomic E-state index is 0.121. The van der Waals surface area contributed by atoms with E-state index in [1.54, 1.807) is 0 Å². The Morgan fingerprint density at radius 1 is 1.19 bits per heavy atom. The maximum atomic E-state index is 12.4. The number of fused-ring (bicyclic) bond motifs is 1. The van der Waals surface area contributed by atoms with Crippen LogP contribution in [-0.4, -0.2) is 58.3 Å². The Morgan fingerprint density at radius 2 is 2.04 bits per heavy atom. The molecule has 6 nitrogen and oxygen atoms in total. The maximum Gasteiger partial charge on any atom is 0.224 e. The average molecular weight is 354 g/mol. The van der Waals surface area contributed by atoms with Gasteiger partial charge in [0.2, 0.25) is 5.91 Å². The number of rotatable bonds is 7. The van der Waals surface area contributed by atoms with Gasteiger partial charge >= 0.3 is 0 Å². The zero-order valence-electron chi connectivity index (χ0n) is 15.1. The van der Waals surface area contributed by atoms with E-state index in [1.807, 2.05) is 34.0 Å². The summed E-state index contributed by atoms with van der Waals surface area (Å²) in [5.74, 6) is 0.255. The summed E-state index contributed by atoms with van der Waals surface area (Å²) in [5, 5.41) is 4.45. The molecule has 3 heterocycles. The van der Waals surface area contributed by atoms with Crippen LogP contribution in [0.5, 0.6) is 0 Å². The minimum Gasteiger partial charge on any atom is -0.375 e.